The molecule has 0 saturated heterocycles. The van der Waals surface area contributed by atoms with Gasteiger partial charge in [0.05, 0.1) is 0 Å². The molecule has 0 aromatic carbocycles. The third-order valence-electron chi connectivity index (χ3n) is 4.20. The molecule has 1 rings (SSSR count). The Labute approximate surface area is 126 Å². The first-order valence-electron chi connectivity index (χ1n) is 8.13. The maximum atomic E-state index is 2.44. The van der Waals surface area contributed by atoms with Crippen molar-refractivity contribution in [1.29, 1.82) is 0 Å². The predicted molar refractivity (Wildman–Crippen MR) is 85.4 cm³/mol. The summed E-state index contributed by atoms with van der Waals surface area (Å²) in [6, 6.07) is 0. The summed E-state index contributed by atoms with van der Waals surface area (Å²) in [5, 5.41) is 0. The van der Waals surface area contributed by atoms with E-state index in [2.05, 4.69) is 60.6 Å². The molecule has 0 N–H and O–H groups in total. The van der Waals surface area contributed by atoms with Crippen molar-refractivity contribution in [3.8, 4) is 0 Å². The van der Waals surface area contributed by atoms with Gasteiger partial charge < -0.3 is 0 Å². The molecule has 0 heterocycles. The molecule has 0 atom stereocenters. The van der Waals surface area contributed by atoms with Gasteiger partial charge in [-0.2, -0.15) is 0 Å². The van der Waals surface area contributed by atoms with Gasteiger partial charge in [0.15, 0.2) is 0 Å². The molecule has 0 aliphatic heterocycles. The summed E-state index contributed by atoms with van der Waals surface area (Å²) < 4.78 is 6.61. The topological polar surface area (TPSA) is 0 Å². The normalized spacial score (nSPS) is 16.5. The predicted octanol–water partition coefficient (Wildman–Crippen LogP) is 6.60. The number of hydrogen-bond donors (Lipinski definition) is 0. The Morgan fingerprint density at radius 2 is 1.32 bits per heavy atom. The van der Waals surface area contributed by atoms with E-state index in [9.17, 15) is 0 Å². The molecular weight excluding hydrogens is 307 g/mol. The van der Waals surface area contributed by atoms with Crippen molar-refractivity contribution in [3.63, 3.8) is 0 Å². The standard InChI is InChI=1S/C6H7.3C4H9.Zr/c1-6-4-2-3-5-6;3*1-4(2)3;/h2,4H,3H2,1H3;3*4H,1H2,2-3H3;. The summed E-state index contributed by atoms with van der Waals surface area (Å²) in [5.74, 6) is 2.61. The van der Waals surface area contributed by atoms with E-state index >= 15 is 0 Å². The molecule has 0 radical (unpaired) electrons. The maximum absolute atomic E-state index is 2.44. The Balaban J connectivity index is 3.13. The van der Waals surface area contributed by atoms with Crippen molar-refractivity contribution in [2.45, 2.75) is 67.3 Å². The second kappa shape index (κ2) is 7.39. The fraction of sp³-hybridized carbons (Fsp3) is 0.778. The average Bonchev–Trinajstić information content (AvgIpc) is 2.61. The van der Waals surface area contributed by atoms with Gasteiger partial charge in [-0.15, -0.1) is 0 Å². The van der Waals surface area contributed by atoms with Crippen LogP contribution in [0.5, 0.6) is 0 Å². The molecule has 0 nitrogen and oxygen atoms in total. The van der Waals surface area contributed by atoms with Crippen molar-refractivity contribution >= 4 is 0 Å². The van der Waals surface area contributed by atoms with E-state index < -0.39 is 20.3 Å². The Morgan fingerprint density at radius 3 is 1.58 bits per heavy atom. The molecule has 1 aliphatic carbocycles. The van der Waals surface area contributed by atoms with E-state index in [1.165, 1.54) is 6.42 Å². The van der Waals surface area contributed by atoms with E-state index in [-0.39, 0.29) is 0 Å². The molecule has 0 aromatic rings. The fourth-order valence-corrected chi connectivity index (χ4v) is 22.4. The van der Waals surface area contributed by atoms with Crippen LogP contribution >= 0.6 is 0 Å². The average molecular weight is 342 g/mol. The van der Waals surface area contributed by atoms with Crippen molar-refractivity contribution in [2.24, 2.45) is 17.8 Å². The number of allylic oxidation sites excluding steroid dienone is 4. The van der Waals surface area contributed by atoms with E-state index in [1.54, 1.807) is 18.0 Å². The van der Waals surface area contributed by atoms with Gasteiger partial charge >= 0.3 is 126 Å². The molecule has 0 bridgehead atoms. The summed E-state index contributed by atoms with van der Waals surface area (Å²) in [7, 11) is 0. The van der Waals surface area contributed by atoms with Crippen LogP contribution < -0.4 is 0 Å². The molecule has 1 aliphatic rings. The monoisotopic (exact) mass is 340 g/mol. The first-order chi connectivity index (χ1) is 8.77. The zero-order chi connectivity index (χ0) is 14.6. The molecule has 0 spiro atoms. The molecule has 110 valence electrons. The van der Waals surface area contributed by atoms with Crippen molar-refractivity contribution in [2.75, 3.05) is 0 Å². The van der Waals surface area contributed by atoms with E-state index in [0.717, 1.165) is 17.8 Å². The van der Waals surface area contributed by atoms with Crippen molar-refractivity contribution in [1.82, 2.24) is 0 Å². The summed E-state index contributed by atoms with van der Waals surface area (Å²) in [6.07, 6.45) is 6.09. The Hall–Kier alpha value is 0.363. The summed E-state index contributed by atoms with van der Waals surface area (Å²) >= 11 is -2.18. The van der Waals surface area contributed by atoms with Crippen molar-refractivity contribution < 1.29 is 20.3 Å². The molecule has 0 unspecified atom stereocenters. The second-order valence-electron chi connectivity index (χ2n) is 7.84. The van der Waals surface area contributed by atoms with Gasteiger partial charge in [-0.05, 0) is 0 Å². The summed E-state index contributed by atoms with van der Waals surface area (Å²) in [5.41, 5.74) is 1.64. The van der Waals surface area contributed by atoms with E-state index in [4.69, 9.17) is 0 Å². The minimum atomic E-state index is -2.18. The minimum absolute atomic E-state index is 0.870. The van der Waals surface area contributed by atoms with E-state index in [0.29, 0.717) is 0 Å². The Morgan fingerprint density at radius 1 is 0.895 bits per heavy atom. The molecule has 0 saturated carbocycles. The molecule has 0 fully saturated rings. The van der Waals surface area contributed by atoms with Gasteiger partial charge in [0.1, 0.15) is 0 Å². The molecule has 1 heteroatoms. The van der Waals surface area contributed by atoms with Crippen LogP contribution in [0.3, 0.4) is 0 Å². The van der Waals surface area contributed by atoms with Crippen LogP contribution in [0.4, 0.5) is 0 Å². The van der Waals surface area contributed by atoms with Crippen LogP contribution in [0.15, 0.2) is 21.0 Å². The van der Waals surface area contributed by atoms with Crippen LogP contribution in [-0.2, 0) is 20.3 Å². The number of rotatable bonds is 7. The van der Waals surface area contributed by atoms with Gasteiger partial charge in [0.2, 0.25) is 0 Å². The van der Waals surface area contributed by atoms with Crippen LogP contribution in [0.1, 0.15) is 54.9 Å². The molecule has 0 amide bonds. The fourth-order valence-electron chi connectivity index (χ4n) is 4.21. The zero-order valence-electron chi connectivity index (χ0n) is 14.2. The van der Waals surface area contributed by atoms with Crippen LogP contribution in [-0.4, -0.2) is 0 Å². The second-order valence-corrected chi connectivity index (χ2v) is 18.6. The van der Waals surface area contributed by atoms with Gasteiger partial charge in [0.25, 0.3) is 0 Å². The SMILES string of the molecule is CC1=[C]([Zr]([CH2]C(C)C)([CH2]C(C)C)[CH2]C(C)C)CC=C1. The molecular formula is C18H34Zr. The third-order valence-corrected chi connectivity index (χ3v) is 20.6. The third kappa shape index (κ3) is 5.00. The Bertz CT molecular complexity index is 318. The zero-order valence-corrected chi connectivity index (χ0v) is 16.7. The summed E-state index contributed by atoms with van der Waals surface area (Å²) in [6.45, 7) is 17.0. The van der Waals surface area contributed by atoms with E-state index in [1.807, 2.05) is 3.28 Å². The van der Waals surface area contributed by atoms with Crippen molar-refractivity contribution in [3.05, 3.63) is 21.0 Å². The van der Waals surface area contributed by atoms with Gasteiger partial charge in [-0.1, -0.05) is 0 Å². The summed E-state index contributed by atoms with van der Waals surface area (Å²) in [4.78, 5) is 0. The quantitative estimate of drug-likeness (QED) is 0.489. The van der Waals surface area contributed by atoms with Crippen LogP contribution in [0, 0.1) is 17.8 Å². The molecule has 0 aromatic heterocycles. The first-order valence-corrected chi connectivity index (χ1v) is 14.6. The van der Waals surface area contributed by atoms with Crippen LogP contribution in [0.2, 0.25) is 12.4 Å². The first kappa shape index (κ1) is 17.4. The van der Waals surface area contributed by atoms with Gasteiger partial charge in [-0.25, -0.2) is 0 Å². The van der Waals surface area contributed by atoms with Crippen LogP contribution in [0.25, 0.3) is 0 Å². The van der Waals surface area contributed by atoms with Gasteiger partial charge in [-0.3, -0.25) is 0 Å². The Kier molecular flexibility index (Phi) is 6.78. The molecule has 19 heavy (non-hydrogen) atoms. The number of hydrogen-bond acceptors (Lipinski definition) is 0. The van der Waals surface area contributed by atoms with Gasteiger partial charge in [0, 0.05) is 0 Å².